The van der Waals surface area contributed by atoms with Gasteiger partial charge in [0.25, 0.3) is 0 Å². The normalized spacial score (nSPS) is 11.3. The molecule has 0 unspecified atom stereocenters. The highest BCUT2D eigenvalue weighted by atomic mass is 15.0. The minimum absolute atomic E-state index is 0.639. The quantitative estimate of drug-likeness (QED) is 0.163. The molecule has 0 aliphatic heterocycles. The molecule has 0 fully saturated rings. The van der Waals surface area contributed by atoms with Gasteiger partial charge in [0.1, 0.15) is 0 Å². The molecule has 1 aromatic heterocycles. The second kappa shape index (κ2) is 13.4. The fourth-order valence-electron chi connectivity index (χ4n) is 7.83. The van der Waals surface area contributed by atoms with Gasteiger partial charge in [0.05, 0.1) is 0 Å². The van der Waals surface area contributed by atoms with Gasteiger partial charge in [-0.15, -0.1) is 0 Å². The Balaban J connectivity index is 1.19. The summed E-state index contributed by atoms with van der Waals surface area (Å²) in [7, 11) is 0. The molecule has 3 nitrogen and oxygen atoms in total. The van der Waals surface area contributed by atoms with E-state index in [1.165, 1.54) is 49.4 Å². The number of nitrogens with zero attached hydrogens (tertiary/aromatic N) is 3. The van der Waals surface area contributed by atoms with Crippen molar-refractivity contribution in [2.75, 3.05) is 0 Å². The topological polar surface area (TPSA) is 38.7 Å². The standard InChI is InChI=1S/C51H33N3/c1-4-16-34(17-5-1)35-28-30-38(31-29-35)50-52-49(37-20-8-3-9-21-37)53-51(54-50)46-33-32-45(39-22-10-11-23-40(39)46)48-43-26-14-12-24-41(43)47(36-18-6-2-7-19-36)42-25-13-15-27-44(42)48/h1-33H. The predicted molar refractivity (Wildman–Crippen MR) is 225 cm³/mol. The molecule has 0 saturated carbocycles. The average Bonchev–Trinajstić information content (AvgIpc) is 3.26. The summed E-state index contributed by atoms with van der Waals surface area (Å²) >= 11 is 0. The van der Waals surface area contributed by atoms with Crippen molar-refractivity contribution in [1.29, 1.82) is 0 Å². The van der Waals surface area contributed by atoms with Crippen LogP contribution in [0.25, 0.3) is 99.9 Å². The van der Waals surface area contributed by atoms with Gasteiger partial charge in [0.2, 0.25) is 0 Å². The smallest absolute Gasteiger partial charge is 0.164 e. The first-order valence-electron chi connectivity index (χ1n) is 18.3. The van der Waals surface area contributed by atoms with E-state index in [2.05, 4.69) is 176 Å². The van der Waals surface area contributed by atoms with Crippen molar-refractivity contribution >= 4 is 32.3 Å². The first-order chi connectivity index (χ1) is 26.8. The van der Waals surface area contributed by atoms with E-state index in [9.17, 15) is 0 Å². The van der Waals surface area contributed by atoms with Crippen molar-refractivity contribution in [3.63, 3.8) is 0 Å². The van der Waals surface area contributed by atoms with E-state index < -0.39 is 0 Å². The molecule has 0 amide bonds. The SMILES string of the molecule is c1ccc(-c2ccc(-c3nc(-c4ccccc4)nc(-c4ccc(-c5c6ccccc6c(-c6ccccc6)c6ccccc56)c5ccccc45)n3)cc2)cc1. The van der Waals surface area contributed by atoms with Crippen LogP contribution >= 0.6 is 0 Å². The van der Waals surface area contributed by atoms with Crippen LogP contribution in [-0.4, -0.2) is 15.0 Å². The molecule has 0 N–H and O–H groups in total. The van der Waals surface area contributed by atoms with Crippen molar-refractivity contribution in [3.05, 3.63) is 200 Å². The van der Waals surface area contributed by atoms with E-state index in [0.717, 1.165) is 33.0 Å². The van der Waals surface area contributed by atoms with Crippen LogP contribution in [0.15, 0.2) is 200 Å². The molecule has 0 saturated heterocycles. The van der Waals surface area contributed by atoms with Crippen LogP contribution in [0.5, 0.6) is 0 Å². The lowest BCUT2D eigenvalue weighted by atomic mass is 9.84. The van der Waals surface area contributed by atoms with Crippen LogP contribution in [0.4, 0.5) is 0 Å². The van der Waals surface area contributed by atoms with E-state index in [1.54, 1.807) is 0 Å². The second-order valence-electron chi connectivity index (χ2n) is 13.5. The van der Waals surface area contributed by atoms with Gasteiger partial charge in [-0.3, -0.25) is 0 Å². The van der Waals surface area contributed by atoms with Gasteiger partial charge in [0.15, 0.2) is 17.5 Å². The molecule has 1 heterocycles. The number of fused-ring (bicyclic) bond motifs is 3. The fraction of sp³-hybridized carbons (Fsp3) is 0. The highest BCUT2D eigenvalue weighted by Gasteiger charge is 2.20. The lowest BCUT2D eigenvalue weighted by Gasteiger charge is -2.19. The lowest BCUT2D eigenvalue weighted by Crippen LogP contribution is -2.01. The summed E-state index contributed by atoms with van der Waals surface area (Å²) in [5, 5.41) is 7.15. The summed E-state index contributed by atoms with van der Waals surface area (Å²) in [6.07, 6.45) is 0. The third kappa shape index (κ3) is 5.51. The maximum absolute atomic E-state index is 5.18. The van der Waals surface area contributed by atoms with Gasteiger partial charge >= 0.3 is 0 Å². The number of hydrogen-bond acceptors (Lipinski definition) is 3. The molecule has 0 atom stereocenters. The van der Waals surface area contributed by atoms with E-state index in [4.69, 9.17) is 15.0 Å². The van der Waals surface area contributed by atoms with Crippen molar-refractivity contribution in [2.24, 2.45) is 0 Å². The summed E-state index contributed by atoms with van der Waals surface area (Å²) in [4.78, 5) is 15.3. The Morgan fingerprint density at radius 1 is 0.204 bits per heavy atom. The van der Waals surface area contributed by atoms with Crippen molar-refractivity contribution < 1.29 is 0 Å². The molecule has 3 heteroatoms. The van der Waals surface area contributed by atoms with Gasteiger partial charge in [-0.05, 0) is 71.8 Å². The molecule has 0 radical (unpaired) electrons. The van der Waals surface area contributed by atoms with Gasteiger partial charge in [-0.2, -0.15) is 0 Å². The van der Waals surface area contributed by atoms with Crippen LogP contribution in [0.2, 0.25) is 0 Å². The van der Waals surface area contributed by atoms with Gasteiger partial charge < -0.3 is 0 Å². The van der Waals surface area contributed by atoms with E-state index in [1.807, 2.05) is 24.3 Å². The molecule has 0 spiro atoms. The van der Waals surface area contributed by atoms with E-state index in [0.29, 0.717) is 17.5 Å². The van der Waals surface area contributed by atoms with Crippen molar-refractivity contribution in [3.8, 4) is 67.5 Å². The average molecular weight is 688 g/mol. The van der Waals surface area contributed by atoms with Crippen molar-refractivity contribution in [1.82, 2.24) is 15.0 Å². The molecular weight excluding hydrogens is 655 g/mol. The summed E-state index contributed by atoms with van der Waals surface area (Å²) in [6, 6.07) is 70.5. The first-order valence-corrected chi connectivity index (χ1v) is 18.3. The van der Waals surface area contributed by atoms with Crippen LogP contribution in [-0.2, 0) is 0 Å². The zero-order chi connectivity index (χ0) is 35.8. The predicted octanol–water partition coefficient (Wildman–Crippen LogP) is 13.3. The van der Waals surface area contributed by atoms with Gasteiger partial charge in [0, 0.05) is 16.7 Å². The van der Waals surface area contributed by atoms with E-state index in [-0.39, 0.29) is 0 Å². The third-order valence-electron chi connectivity index (χ3n) is 10.3. The summed E-state index contributed by atoms with van der Waals surface area (Å²) in [6.45, 7) is 0. The summed E-state index contributed by atoms with van der Waals surface area (Å²) in [5.41, 5.74) is 10.0. The Morgan fingerprint density at radius 2 is 0.537 bits per heavy atom. The molecule has 0 aliphatic rings. The minimum Gasteiger partial charge on any atom is -0.208 e. The molecule has 10 rings (SSSR count). The zero-order valence-corrected chi connectivity index (χ0v) is 29.4. The molecule has 252 valence electrons. The molecule has 54 heavy (non-hydrogen) atoms. The fourth-order valence-corrected chi connectivity index (χ4v) is 7.83. The maximum Gasteiger partial charge on any atom is 0.164 e. The maximum atomic E-state index is 5.18. The number of benzene rings is 9. The Hall–Kier alpha value is -7.23. The van der Waals surface area contributed by atoms with Gasteiger partial charge in [-0.25, -0.2) is 15.0 Å². The Bertz CT molecular complexity index is 2900. The number of rotatable bonds is 6. The zero-order valence-electron chi connectivity index (χ0n) is 29.4. The van der Waals surface area contributed by atoms with Crippen LogP contribution < -0.4 is 0 Å². The molecule has 0 bridgehead atoms. The third-order valence-corrected chi connectivity index (χ3v) is 10.3. The van der Waals surface area contributed by atoms with Crippen molar-refractivity contribution in [2.45, 2.75) is 0 Å². The minimum atomic E-state index is 0.639. The van der Waals surface area contributed by atoms with Gasteiger partial charge in [-0.1, -0.05) is 194 Å². The van der Waals surface area contributed by atoms with Crippen LogP contribution in [0, 0.1) is 0 Å². The second-order valence-corrected chi connectivity index (χ2v) is 13.5. The highest BCUT2D eigenvalue weighted by molar-refractivity contribution is 6.24. The van der Waals surface area contributed by atoms with Crippen LogP contribution in [0.1, 0.15) is 0 Å². The molecule has 0 aliphatic carbocycles. The van der Waals surface area contributed by atoms with Crippen LogP contribution in [0.3, 0.4) is 0 Å². The number of aromatic nitrogens is 3. The monoisotopic (exact) mass is 687 g/mol. The summed E-state index contributed by atoms with van der Waals surface area (Å²) in [5.74, 6) is 1.92. The van der Waals surface area contributed by atoms with E-state index >= 15 is 0 Å². The lowest BCUT2D eigenvalue weighted by molar-refractivity contribution is 1.08. The Labute approximate surface area is 313 Å². The summed E-state index contributed by atoms with van der Waals surface area (Å²) < 4.78 is 0. The largest absolute Gasteiger partial charge is 0.208 e. The molecule has 9 aromatic carbocycles. The Kier molecular flexibility index (Phi) is 7.81. The molecule has 10 aromatic rings. The first kappa shape index (κ1) is 31.5. The Morgan fingerprint density at radius 3 is 1.07 bits per heavy atom. The molecular formula is C51H33N3. The number of hydrogen-bond donors (Lipinski definition) is 0. The highest BCUT2D eigenvalue weighted by Crippen LogP contribution is 2.46.